The molecule has 0 aliphatic heterocycles. The highest BCUT2D eigenvalue weighted by Crippen LogP contribution is 2.75. The first-order valence-electron chi connectivity index (χ1n) is 12.2. The van der Waals surface area contributed by atoms with Gasteiger partial charge in [-0.3, -0.25) is 9.59 Å². The molecule has 188 valence electrons. The minimum Gasteiger partial charge on any atom is -0.481 e. The smallest absolute Gasteiger partial charge is 0.408 e. The predicted molar refractivity (Wildman–Crippen MR) is 125 cm³/mol. The van der Waals surface area contributed by atoms with E-state index in [9.17, 15) is 19.5 Å². The van der Waals surface area contributed by atoms with Gasteiger partial charge in [-0.05, 0) is 84.0 Å². The van der Waals surface area contributed by atoms with Crippen LogP contribution < -0.4 is 5.32 Å². The van der Waals surface area contributed by atoms with Crippen molar-refractivity contribution >= 4 is 25.2 Å². The second-order valence-electron chi connectivity index (χ2n) is 11.5. The molecule has 33 heavy (non-hydrogen) atoms. The number of hydrogen-bond donors (Lipinski definition) is 2. The number of carboxylic acids is 1. The molecule has 1 amide bonds. The molecule has 0 aromatic carbocycles. The number of esters is 1. The molecule has 4 aliphatic carbocycles. The van der Waals surface area contributed by atoms with Crippen molar-refractivity contribution in [1.82, 2.24) is 5.32 Å². The van der Waals surface area contributed by atoms with Crippen molar-refractivity contribution in [3.8, 4) is 0 Å². The van der Waals surface area contributed by atoms with E-state index >= 15 is 4.57 Å². The average molecular weight is 486 g/mol. The molecule has 0 radical (unpaired) electrons. The van der Waals surface area contributed by atoms with Gasteiger partial charge in [0.2, 0.25) is 0 Å². The first-order chi connectivity index (χ1) is 15.3. The van der Waals surface area contributed by atoms with Gasteiger partial charge in [-0.25, -0.2) is 4.79 Å². The van der Waals surface area contributed by atoms with Crippen LogP contribution in [0.5, 0.6) is 0 Å². The summed E-state index contributed by atoms with van der Waals surface area (Å²) in [5.74, 6) is -1.87. The molecule has 3 atom stereocenters. The Morgan fingerprint density at radius 1 is 1.09 bits per heavy atom. The fourth-order valence-electron chi connectivity index (χ4n) is 6.86. The van der Waals surface area contributed by atoms with Gasteiger partial charge in [-0.1, -0.05) is 6.92 Å². The molecule has 0 spiro atoms. The quantitative estimate of drug-likeness (QED) is 0.354. The third-order valence-electron chi connectivity index (χ3n) is 7.60. The van der Waals surface area contributed by atoms with Crippen LogP contribution in [-0.2, 0) is 23.6 Å². The van der Waals surface area contributed by atoms with Gasteiger partial charge in [0, 0.05) is 11.3 Å². The van der Waals surface area contributed by atoms with E-state index in [1.54, 1.807) is 34.6 Å². The molecule has 3 unspecified atom stereocenters. The van der Waals surface area contributed by atoms with E-state index < -0.39 is 54.1 Å². The van der Waals surface area contributed by atoms with Crippen molar-refractivity contribution in [3.63, 3.8) is 0 Å². The highest BCUT2D eigenvalue weighted by Gasteiger charge is 2.62. The highest BCUT2D eigenvalue weighted by atomic mass is 31.2. The fraction of sp³-hybridized carbons (Fsp3) is 0.875. The Kier molecular flexibility index (Phi) is 7.57. The summed E-state index contributed by atoms with van der Waals surface area (Å²) >= 11 is 0. The summed E-state index contributed by atoms with van der Waals surface area (Å²) in [7, 11) is -3.43. The largest absolute Gasteiger partial charge is 0.481 e. The Bertz CT molecular complexity index is 783. The van der Waals surface area contributed by atoms with Gasteiger partial charge in [-0.2, -0.15) is 0 Å². The van der Waals surface area contributed by atoms with E-state index in [1.807, 2.05) is 0 Å². The Labute approximate surface area is 196 Å². The number of carbonyl (C=O) groups excluding carboxylic acids is 2. The molecule has 0 aromatic heterocycles. The minimum absolute atomic E-state index is 0.0335. The maximum atomic E-state index is 15.2. The van der Waals surface area contributed by atoms with Crippen molar-refractivity contribution in [3.05, 3.63) is 0 Å². The predicted octanol–water partition coefficient (Wildman–Crippen LogP) is 4.84. The molecule has 0 saturated heterocycles. The first kappa shape index (κ1) is 26.1. The number of ether oxygens (including phenoxy) is 2. The van der Waals surface area contributed by atoms with Crippen LogP contribution in [0.1, 0.15) is 79.6 Å². The van der Waals surface area contributed by atoms with Crippen molar-refractivity contribution in [2.45, 2.75) is 96.1 Å². The highest BCUT2D eigenvalue weighted by molar-refractivity contribution is 7.66. The van der Waals surface area contributed by atoms with Crippen molar-refractivity contribution in [2.75, 3.05) is 12.8 Å². The van der Waals surface area contributed by atoms with Crippen LogP contribution in [-0.4, -0.2) is 52.4 Å². The lowest BCUT2D eigenvalue weighted by Gasteiger charge is -2.60. The average Bonchev–Trinajstić information content (AvgIpc) is 2.64. The van der Waals surface area contributed by atoms with Crippen LogP contribution in [0.3, 0.4) is 0 Å². The van der Waals surface area contributed by atoms with Crippen LogP contribution >= 0.6 is 7.14 Å². The van der Waals surface area contributed by atoms with E-state index in [4.69, 9.17) is 9.47 Å². The normalized spacial score (nSPS) is 31.8. The third-order valence-corrected chi connectivity index (χ3v) is 12.2. The lowest BCUT2D eigenvalue weighted by molar-refractivity contribution is -0.146. The molecular formula is C24H40NO7P. The van der Waals surface area contributed by atoms with Crippen molar-refractivity contribution in [1.29, 1.82) is 0 Å². The zero-order chi connectivity index (χ0) is 24.6. The molecule has 4 saturated carbocycles. The first-order valence-corrected chi connectivity index (χ1v) is 14.2. The summed E-state index contributed by atoms with van der Waals surface area (Å²) in [6.45, 7) is 8.80. The molecular weight excluding hydrogens is 445 g/mol. The summed E-state index contributed by atoms with van der Waals surface area (Å²) in [6, 6.07) is 0. The van der Waals surface area contributed by atoms with E-state index in [-0.39, 0.29) is 12.8 Å². The number of hydrogen-bond acceptors (Lipinski definition) is 6. The zero-order valence-electron chi connectivity index (χ0n) is 20.6. The lowest BCUT2D eigenvalue weighted by atomic mass is 9.56. The van der Waals surface area contributed by atoms with Gasteiger partial charge >= 0.3 is 18.0 Å². The van der Waals surface area contributed by atoms with Crippen LogP contribution in [0.15, 0.2) is 0 Å². The summed E-state index contributed by atoms with van der Waals surface area (Å²) < 4.78 is 25.8. The summed E-state index contributed by atoms with van der Waals surface area (Å²) in [5.41, 5.74) is -0.777. The molecule has 4 bridgehead atoms. The summed E-state index contributed by atoms with van der Waals surface area (Å²) in [6.07, 6.45) is 4.52. The Morgan fingerprint density at radius 2 is 1.61 bits per heavy atom. The molecule has 4 aliphatic rings. The Hall–Kier alpha value is -1.56. The molecule has 2 N–H and O–H groups in total. The van der Waals surface area contributed by atoms with E-state index in [2.05, 4.69) is 5.32 Å². The number of amides is 1. The molecule has 0 heterocycles. The van der Waals surface area contributed by atoms with Gasteiger partial charge in [0.15, 0.2) is 0 Å². The van der Waals surface area contributed by atoms with Crippen molar-refractivity contribution < 1.29 is 33.5 Å². The maximum Gasteiger partial charge on any atom is 0.408 e. The third kappa shape index (κ3) is 5.75. The second kappa shape index (κ2) is 9.59. The van der Waals surface area contributed by atoms with Crippen LogP contribution in [0.4, 0.5) is 4.79 Å². The minimum atomic E-state index is -3.43. The van der Waals surface area contributed by atoms with Crippen LogP contribution in [0, 0.1) is 23.7 Å². The van der Waals surface area contributed by atoms with Crippen molar-refractivity contribution in [2.24, 2.45) is 23.7 Å². The second-order valence-corrected chi connectivity index (χ2v) is 15.1. The Balaban J connectivity index is 2.00. The molecule has 9 heteroatoms. The van der Waals surface area contributed by atoms with Gasteiger partial charge < -0.3 is 24.5 Å². The standard InChI is InChI=1S/C24H40NO7P/c1-6-31-21(28)15(2)14-33(30,19(10-20(26)27)25-22(29)32-23(3,4)5)24-11-16-7-17(12-24)9-18(8-16)13-24/h15-19H,6-14H2,1-5H3,(H,25,29)(H,26,27). The molecule has 4 rings (SSSR count). The SMILES string of the molecule is CCOC(=O)C(C)CP(=O)(C(CC(=O)O)NC(=O)OC(C)(C)C)C12CC3CC(CC(C3)C1)C2. The van der Waals surface area contributed by atoms with Gasteiger partial charge in [0.1, 0.15) is 12.7 Å². The molecule has 8 nitrogen and oxygen atoms in total. The van der Waals surface area contributed by atoms with Crippen LogP contribution in [0.25, 0.3) is 0 Å². The number of carboxylic acid groups (broad SMARTS) is 1. The van der Waals surface area contributed by atoms with Gasteiger partial charge in [0.25, 0.3) is 0 Å². The summed E-state index contributed by atoms with van der Waals surface area (Å²) in [5, 5.41) is 11.8. The topological polar surface area (TPSA) is 119 Å². The Morgan fingerprint density at radius 3 is 2.03 bits per heavy atom. The summed E-state index contributed by atoms with van der Waals surface area (Å²) in [4.78, 5) is 37.1. The number of aliphatic carboxylic acids is 1. The van der Waals surface area contributed by atoms with E-state index in [0.29, 0.717) is 17.8 Å². The number of nitrogens with one attached hydrogen (secondary N) is 1. The molecule has 4 fully saturated rings. The number of rotatable bonds is 9. The monoisotopic (exact) mass is 485 g/mol. The van der Waals surface area contributed by atoms with Gasteiger partial charge in [0.05, 0.1) is 24.7 Å². The fourth-order valence-corrected chi connectivity index (χ4v) is 11.6. The number of carbonyl (C=O) groups is 3. The molecule has 0 aromatic rings. The zero-order valence-corrected chi connectivity index (χ0v) is 21.5. The number of alkyl carbamates (subject to hydrolysis) is 1. The van der Waals surface area contributed by atoms with Gasteiger partial charge in [-0.15, -0.1) is 0 Å². The van der Waals surface area contributed by atoms with E-state index in [1.165, 1.54) is 0 Å². The van der Waals surface area contributed by atoms with Crippen LogP contribution in [0.2, 0.25) is 0 Å². The maximum absolute atomic E-state index is 15.2. The lowest BCUT2D eigenvalue weighted by Crippen LogP contribution is -2.54. The van der Waals surface area contributed by atoms with E-state index in [0.717, 1.165) is 38.5 Å².